The van der Waals surface area contributed by atoms with Crippen molar-refractivity contribution in [1.29, 1.82) is 0 Å². The summed E-state index contributed by atoms with van der Waals surface area (Å²) < 4.78 is 0. The molecule has 0 bridgehead atoms. The van der Waals surface area contributed by atoms with Gasteiger partial charge in [-0.3, -0.25) is 9.59 Å². The molecule has 4 heteroatoms. The van der Waals surface area contributed by atoms with E-state index < -0.39 is 0 Å². The minimum atomic E-state index is -0.327. The van der Waals surface area contributed by atoms with Crippen molar-refractivity contribution in [3.8, 4) is 0 Å². The Kier molecular flexibility index (Phi) is 5.06. The molecular formula is C16H28N2O2. The highest BCUT2D eigenvalue weighted by Crippen LogP contribution is 2.27. The first-order chi connectivity index (χ1) is 9.56. The number of rotatable bonds is 3. The third-order valence-corrected chi connectivity index (χ3v) is 5.05. The molecule has 2 rings (SSSR count). The molecule has 3 atom stereocenters. The van der Waals surface area contributed by atoms with Crippen molar-refractivity contribution in [1.82, 2.24) is 10.2 Å². The summed E-state index contributed by atoms with van der Waals surface area (Å²) in [7, 11) is 0. The molecule has 114 valence electrons. The Hall–Kier alpha value is -1.06. The minimum Gasteiger partial charge on any atom is -0.342 e. The van der Waals surface area contributed by atoms with E-state index in [-0.39, 0.29) is 35.9 Å². The topological polar surface area (TPSA) is 49.4 Å². The van der Waals surface area contributed by atoms with Gasteiger partial charge >= 0.3 is 0 Å². The first-order valence-electron chi connectivity index (χ1n) is 8.18. The zero-order valence-corrected chi connectivity index (χ0v) is 13.0. The van der Waals surface area contributed by atoms with E-state index in [1.54, 1.807) is 0 Å². The van der Waals surface area contributed by atoms with Crippen molar-refractivity contribution < 1.29 is 9.59 Å². The number of carbonyl (C=O) groups is 2. The van der Waals surface area contributed by atoms with Crippen LogP contribution in [-0.4, -0.2) is 34.8 Å². The van der Waals surface area contributed by atoms with E-state index >= 15 is 0 Å². The number of hydrogen-bond donors (Lipinski definition) is 1. The van der Waals surface area contributed by atoms with Gasteiger partial charge in [-0.05, 0) is 25.7 Å². The highest BCUT2D eigenvalue weighted by Gasteiger charge is 2.42. The molecule has 1 N–H and O–H groups in total. The zero-order chi connectivity index (χ0) is 14.7. The van der Waals surface area contributed by atoms with Crippen molar-refractivity contribution in [3.05, 3.63) is 0 Å². The fourth-order valence-electron chi connectivity index (χ4n) is 3.47. The normalized spacial score (nSPS) is 30.9. The standard InChI is InChI=1S/C16H28N2O2/c1-4-11(2)14-16(20)18(12(3)15(19)17-14)13-9-7-5-6-8-10-13/h11-14H,4-10H2,1-3H3,(H,17,19). The lowest BCUT2D eigenvalue weighted by molar-refractivity contribution is -0.153. The number of nitrogens with zero attached hydrogens (tertiary/aromatic N) is 1. The fourth-order valence-corrected chi connectivity index (χ4v) is 3.47. The van der Waals surface area contributed by atoms with E-state index in [4.69, 9.17) is 0 Å². The van der Waals surface area contributed by atoms with E-state index in [1.807, 2.05) is 18.7 Å². The summed E-state index contributed by atoms with van der Waals surface area (Å²) in [6.07, 6.45) is 7.88. The number of piperazine rings is 1. The third kappa shape index (κ3) is 2.99. The van der Waals surface area contributed by atoms with Crippen LogP contribution in [0.2, 0.25) is 0 Å². The number of nitrogens with one attached hydrogen (secondary N) is 1. The molecule has 20 heavy (non-hydrogen) atoms. The Labute approximate surface area is 122 Å². The van der Waals surface area contributed by atoms with E-state index in [0.717, 1.165) is 19.3 Å². The minimum absolute atomic E-state index is 0.0131. The molecule has 2 amide bonds. The van der Waals surface area contributed by atoms with E-state index in [2.05, 4.69) is 12.2 Å². The Bertz CT molecular complexity index is 361. The predicted molar refractivity (Wildman–Crippen MR) is 79.2 cm³/mol. The molecule has 0 spiro atoms. The predicted octanol–water partition coefficient (Wildman–Crippen LogP) is 2.47. The number of amides is 2. The largest absolute Gasteiger partial charge is 0.342 e. The number of carbonyl (C=O) groups excluding carboxylic acids is 2. The summed E-state index contributed by atoms with van der Waals surface area (Å²) in [5.74, 6) is 0.352. The third-order valence-electron chi connectivity index (χ3n) is 5.05. The van der Waals surface area contributed by atoms with Crippen LogP contribution in [0.4, 0.5) is 0 Å². The first kappa shape index (κ1) is 15.3. The summed E-state index contributed by atoms with van der Waals surface area (Å²) in [4.78, 5) is 26.9. The summed E-state index contributed by atoms with van der Waals surface area (Å²) >= 11 is 0. The molecule has 1 saturated carbocycles. The Morgan fingerprint density at radius 1 is 1.20 bits per heavy atom. The molecule has 0 radical (unpaired) electrons. The first-order valence-corrected chi connectivity index (χ1v) is 8.18. The van der Waals surface area contributed by atoms with Gasteiger partial charge in [0.2, 0.25) is 11.8 Å². The maximum atomic E-state index is 12.8. The van der Waals surface area contributed by atoms with Crippen molar-refractivity contribution >= 4 is 11.8 Å². The van der Waals surface area contributed by atoms with Gasteiger partial charge in [-0.15, -0.1) is 0 Å². The summed E-state index contributed by atoms with van der Waals surface area (Å²) in [5, 5.41) is 2.92. The molecule has 1 saturated heterocycles. The lowest BCUT2D eigenvalue weighted by Crippen LogP contribution is -2.66. The van der Waals surface area contributed by atoms with E-state index in [9.17, 15) is 9.59 Å². The number of hydrogen-bond acceptors (Lipinski definition) is 2. The van der Waals surface area contributed by atoms with E-state index in [0.29, 0.717) is 0 Å². The monoisotopic (exact) mass is 280 g/mol. The van der Waals surface area contributed by atoms with Gasteiger partial charge in [0.15, 0.2) is 0 Å². The summed E-state index contributed by atoms with van der Waals surface area (Å²) in [5.41, 5.74) is 0. The quantitative estimate of drug-likeness (QED) is 0.807. The lowest BCUT2D eigenvalue weighted by atomic mass is 9.92. The lowest BCUT2D eigenvalue weighted by Gasteiger charge is -2.43. The van der Waals surface area contributed by atoms with Crippen LogP contribution in [0.15, 0.2) is 0 Å². The summed E-state index contributed by atoms with van der Waals surface area (Å²) in [6.45, 7) is 5.98. The van der Waals surface area contributed by atoms with Gasteiger partial charge in [0.25, 0.3) is 0 Å². The van der Waals surface area contributed by atoms with Crippen LogP contribution in [0, 0.1) is 5.92 Å². The highest BCUT2D eigenvalue weighted by molar-refractivity contribution is 5.97. The molecule has 0 aromatic carbocycles. The van der Waals surface area contributed by atoms with Crippen LogP contribution in [0.3, 0.4) is 0 Å². The molecule has 2 fully saturated rings. The second-order valence-electron chi connectivity index (χ2n) is 6.44. The molecule has 0 aromatic rings. The van der Waals surface area contributed by atoms with Crippen molar-refractivity contribution in [3.63, 3.8) is 0 Å². The van der Waals surface area contributed by atoms with Crippen LogP contribution in [-0.2, 0) is 9.59 Å². The molecule has 1 aliphatic carbocycles. The summed E-state index contributed by atoms with van der Waals surface area (Å²) in [6, 6.07) is -0.379. The maximum Gasteiger partial charge on any atom is 0.246 e. The van der Waals surface area contributed by atoms with Crippen molar-refractivity contribution in [2.45, 2.75) is 83.8 Å². The van der Waals surface area contributed by atoms with Gasteiger partial charge in [-0.1, -0.05) is 46.0 Å². The highest BCUT2D eigenvalue weighted by atomic mass is 16.2. The van der Waals surface area contributed by atoms with Crippen LogP contribution < -0.4 is 5.32 Å². The van der Waals surface area contributed by atoms with Gasteiger partial charge in [0.05, 0.1) is 0 Å². The van der Waals surface area contributed by atoms with Gasteiger partial charge in [0, 0.05) is 6.04 Å². The maximum absolute atomic E-state index is 12.8. The molecule has 0 aromatic heterocycles. The van der Waals surface area contributed by atoms with Crippen molar-refractivity contribution in [2.75, 3.05) is 0 Å². The molecule has 3 unspecified atom stereocenters. The smallest absolute Gasteiger partial charge is 0.246 e. The Morgan fingerprint density at radius 3 is 2.35 bits per heavy atom. The molecule has 4 nitrogen and oxygen atoms in total. The molecule has 1 heterocycles. The van der Waals surface area contributed by atoms with Crippen molar-refractivity contribution in [2.24, 2.45) is 5.92 Å². The zero-order valence-electron chi connectivity index (χ0n) is 13.0. The Balaban J connectivity index is 2.18. The molecule has 1 aliphatic heterocycles. The van der Waals surface area contributed by atoms with Crippen LogP contribution in [0.1, 0.15) is 65.7 Å². The van der Waals surface area contributed by atoms with Gasteiger partial charge in [-0.25, -0.2) is 0 Å². The average Bonchev–Trinajstić information content (AvgIpc) is 2.71. The average molecular weight is 280 g/mol. The van der Waals surface area contributed by atoms with Gasteiger partial charge < -0.3 is 10.2 Å². The second-order valence-corrected chi connectivity index (χ2v) is 6.44. The van der Waals surface area contributed by atoms with Crippen LogP contribution >= 0.6 is 0 Å². The van der Waals surface area contributed by atoms with E-state index in [1.165, 1.54) is 25.7 Å². The van der Waals surface area contributed by atoms with Gasteiger partial charge in [-0.2, -0.15) is 0 Å². The molecule has 2 aliphatic rings. The van der Waals surface area contributed by atoms with Crippen LogP contribution in [0.25, 0.3) is 0 Å². The van der Waals surface area contributed by atoms with Gasteiger partial charge in [0.1, 0.15) is 12.1 Å². The fraction of sp³-hybridized carbons (Fsp3) is 0.875. The van der Waals surface area contributed by atoms with Crippen LogP contribution in [0.5, 0.6) is 0 Å². The SMILES string of the molecule is CCC(C)C1NC(=O)C(C)N(C2CCCCCC2)C1=O. The second kappa shape index (κ2) is 6.59. The molecular weight excluding hydrogens is 252 g/mol. The Morgan fingerprint density at radius 2 is 1.80 bits per heavy atom.